The molecule has 1 aromatic carbocycles. The summed E-state index contributed by atoms with van der Waals surface area (Å²) in [6.07, 6.45) is 3.57. The van der Waals surface area contributed by atoms with E-state index in [0.29, 0.717) is 0 Å². The van der Waals surface area contributed by atoms with Gasteiger partial charge in [-0.1, -0.05) is 45.9 Å². The van der Waals surface area contributed by atoms with Crippen LogP contribution in [0.1, 0.15) is 73.4 Å². The molecule has 0 saturated carbocycles. The average molecular weight is 697 g/mol. The number of benzene rings is 1. The van der Waals surface area contributed by atoms with E-state index in [2.05, 4.69) is 10.3 Å². The number of phenols is 1. The lowest BCUT2D eigenvalue weighted by Crippen LogP contribution is -2.45. The Bertz CT molecular complexity index is 1710. The summed E-state index contributed by atoms with van der Waals surface area (Å²) in [7, 11) is 4.14. The molecule has 1 aliphatic carbocycles. The third-order valence-corrected chi connectivity index (χ3v) is 10.1. The van der Waals surface area contributed by atoms with Gasteiger partial charge in [0, 0.05) is 61.5 Å². The third kappa shape index (κ3) is 6.62. The lowest BCUT2D eigenvalue weighted by atomic mass is 9.78. The predicted molar refractivity (Wildman–Crippen MR) is 184 cm³/mol. The number of hydrogen-bond acceptors (Lipinski definition) is 12. The van der Waals surface area contributed by atoms with Crippen molar-refractivity contribution in [1.29, 1.82) is 0 Å². The topological polar surface area (TPSA) is 193 Å². The number of aliphatic hydroxyl groups is 3. The standard InChI is InChI=1S/C37H48N2O11/c1-16-12-11-13-17(2)36(46)39-27-32(44)24-23(26(38-8)34(27)48-10)25-33(21(6)31(24)43)50-37(7,35(25)45)49-15-14-22(47-9)18(3)29(41)20(5)30(42)19(4)28(16)40/h11-16,18-20,22,28-30,40-43H,1-10H3,(H,39,46)/b12-11+,15-14+,17-13-,38-26?/t16-,18+,19+,20-,22-,28-,29+,30+,37-/m0/s1. The van der Waals surface area contributed by atoms with E-state index in [4.69, 9.17) is 18.9 Å². The van der Waals surface area contributed by atoms with Crippen LogP contribution in [0.15, 0.2) is 52.6 Å². The van der Waals surface area contributed by atoms with Gasteiger partial charge in [-0.2, -0.15) is 0 Å². The van der Waals surface area contributed by atoms with E-state index in [1.54, 1.807) is 39.8 Å². The van der Waals surface area contributed by atoms with Crippen LogP contribution in [-0.4, -0.2) is 95.1 Å². The third-order valence-electron chi connectivity index (χ3n) is 10.1. The van der Waals surface area contributed by atoms with Crippen molar-refractivity contribution < 1.29 is 53.8 Å². The van der Waals surface area contributed by atoms with Gasteiger partial charge < -0.3 is 44.7 Å². The van der Waals surface area contributed by atoms with Gasteiger partial charge in [-0.05, 0) is 19.9 Å². The molecule has 0 unspecified atom stereocenters. The highest BCUT2D eigenvalue weighted by atomic mass is 16.7. The van der Waals surface area contributed by atoms with Crippen LogP contribution in [0.5, 0.6) is 11.5 Å². The van der Waals surface area contributed by atoms with Gasteiger partial charge in [0.25, 0.3) is 11.7 Å². The molecule has 1 aromatic rings. The molecule has 13 nitrogen and oxygen atoms in total. The highest BCUT2D eigenvalue weighted by molar-refractivity contribution is 6.33. The number of methoxy groups -OCH3 is 2. The van der Waals surface area contributed by atoms with Crippen LogP contribution in [0.3, 0.4) is 0 Å². The van der Waals surface area contributed by atoms with E-state index in [0.717, 1.165) is 0 Å². The van der Waals surface area contributed by atoms with Crippen LogP contribution < -0.4 is 10.1 Å². The lowest BCUT2D eigenvalue weighted by molar-refractivity contribution is -0.116. The summed E-state index contributed by atoms with van der Waals surface area (Å²) in [6, 6.07) is 0. The fourth-order valence-corrected chi connectivity index (χ4v) is 6.70. The molecular formula is C37H48N2O11. The number of rotatable bonds is 2. The van der Waals surface area contributed by atoms with Gasteiger partial charge in [0.15, 0.2) is 5.76 Å². The van der Waals surface area contributed by atoms with Crippen molar-refractivity contribution in [3.8, 4) is 11.5 Å². The number of aliphatic imine (C=N–C) groups is 1. The molecular weight excluding hydrogens is 648 g/mol. The number of nitrogens with zero attached hydrogens (tertiary/aromatic N) is 1. The molecule has 0 fully saturated rings. The SMILES string of the molecule is CN=C1C(OC)=C2NC(=O)/C(C)=C\C=C\[C@H](C)[C@H](O)[C@@H](C)[C@@H](O)[C@@H](C)[C@H](O)[C@H](C)[C@@H](OC)/C=C/O[C@@]3(C)Oc4c(C)c(O)c(c1c4C3=O)C2=O. The van der Waals surface area contributed by atoms with Crippen molar-refractivity contribution >= 4 is 23.2 Å². The summed E-state index contributed by atoms with van der Waals surface area (Å²) >= 11 is 0. The van der Waals surface area contributed by atoms with Crippen LogP contribution in [0, 0.1) is 30.6 Å². The highest BCUT2D eigenvalue weighted by Crippen LogP contribution is 2.48. The van der Waals surface area contributed by atoms with Gasteiger partial charge in [0.2, 0.25) is 5.78 Å². The highest BCUT2D eigenvalue weighted by Gasteiger charge is 2.52. The summed E-state index contributed by atoms with van der Waals surface area (Å²) in [6.45, 7) is 11.3. The molecule has 9 atom stereocenters. The predicted octanol–water partition coefficient (Wildman–Crippen LogP) is 3.27. The van der Waals surface area contributed by atoms with Crippen molar-refractivity contribution in [2.75, 3.05) is 21.3 Å². The second kappa shape index (κ2) is 14.9. The lowest BCUT2D eigenvalue weighted by Gasteiger charge is -2.36. The monoisotopic (exact) mass is 696 g/mol. The van der Waals surface area contributed by atoms with E-state index in [1.165, 1.54) is 60.5 Å². The average Bonchev–Trinajstić information content (AvgIpc) is 3.36. The Balaban J connectivity index is 1.89. The van der Waals surface area contributed by atoms with Gasteiger partial charge in [-0.25, -0.2) is 0 Å². The number of ketones is 2. The van der Waals surface area contributed by atoms with Gasteiger partial charge >= 0.3 is 5.79 Å². The first-order valence-electron chi connectivity index (χ1n) is 16.5. The number of phenolic OH excluding ortho intramolecular Hbond substituents is 1. The first-order chi connectivity index (χ1) is 23.5. The Morgan fingerprint density at radius 3 is 2.12 bits per heavy atom. The molecule has 3 aliphatic heterocycles. The molecule has 0 spiro atoms. The quantitative estimate of drug-likeness (QED) is 0.305. The van der Waals surface area contributed by atoms with E-state index in [1.807, 2.05) is 0 Å². The van der Waals surface area contributed by atoms with Crippen molar-refractivity contribution in [3.63, 3.8) is 0 Å². The second-order valence-electron chi connectivity index (χ2n) is 13.4. The molecule has 5 N–H and O–H groups in total. The number of Topliss-reactive ketones (excluding diaryl/α,β-unsaturated/α-hetero) is 2. The Labute approximate surface area is 292 Å². The first-order valence-corrected chi connectivity index (χ1v) is 16.5. The molecule has 50 heavy (non-hydrogen) atoms. The summed E-state index contributed by atoms with van der Waals surface area (Å²) in [5, 5.41) is 47.5. The minimum atomic E-state index is -1.95. The van der Waals surface area contributed by atoms with Crippen molar-refractivity contribution in [2.24, 2.45) is 28.7 Å². The number of allylic oxidation sites excluding steroid dienone is 4. The van der Waals surface area contributed by atoms with Crippen LogP contribution in [0.25, 0.3) is 0 Å². The molecule has 272 valence electrons. The van der Waals surface area contributed by atoms with Crippen molar-refractivity contribution in [2.45, 2.75) is 78.7 Å². The fraction of sp³-hybridized carbons (Fsp3) is 0.514. The zero-order valence-corrected chi connectivity index (χ0v) is 30.1. The summed E-state index contributed by atoms with van der Waals surface area (Å²) in [5.74, 6) is -7.05. The molecule has 0 saturated heterocycles. The van der Waals surface area contributed by atoms with Crippen LogP contribution in [0.4, 0.5) is 0 Å². The normalized spacial score (nSPS) is 35.6. The minimum absolute atomic E-state index is 0.0180. The molecule has 5 rings (SSSR count). The fourth-order valence-electron chi connectivity index (χ4n) is 6.70. The maximum atomic E-state index is 14.1. The zero-order chi connectivity index (χ0) is 37.4. The van der Waals surface area contributed by atoms with E-state index in [-0.39, 0.29) is 50.7 Å². The molecule has 1 amide bonds. The number of aliphatic hydroxyl groups excluding tert-OH is 3. The van der Waals surface area contributed by atoms with Gasteiger partial charge in [-0.15, -0.1) is 0 Å². The zero-order valence-electron chi connectivity index (χ0n) is 30.1. The molecule has 0 aromatic heterocycles. The largest absolute Gasteiger partial charge is 0.507 e. The van der Waals surface area contributed by atoms with Crippen molar-refractivity contribution in [1.82, 2.24) is 5.32 Å². The number of aromatic hydroxyl groups is 1. The van der Waals surface area contributed by atoms with E-state index < -0.39 is 77.1 Å². The second-order valence-corrected chi connectivity index (χ2v) is 13.4. The van der Waals surface area contributed by atoms with Gasteiger partial charge in [0.05, 0.1) is 48.9 Å². The summed E-state index contributed by atoms with van der Waals surface area (Å²) < 4.78 is 23.1. The number of nitrogens with one attached hydrogen (secondary N) is 1. The van der Waals surface area contributed by atoms with Crippen LogP contribution >= 0.6 is 0 Å². The van der Waals surface area contributed by atoms with E-state index >= 15 is 0 Å². The Hall–Kier alpha value is -4.30. The minimum Gasteiger partial charge on any atom is -0.507 e. The molecule has 13 heteroatoms. The number of carbonyl (C=O) groups is 3. The smallest absolute Gasteiger partial charge is 0.312 e. The number of amides is 1. The summed E-state index contributed by atoms with van der Waals surface area (Å²) in [5.41, 5.74) is -0.335. The Kier molecular flexibility index (Phi) is 11.5. The summed E-state index contributed by atoms with van der Waals surface area (Å²) in [4.78, 5) is 45.9. The van der Waals surface area contributed by atoms with Crippen LogP contribution in [0.2, 0.25) is 0 Å². The number of ether oxygens (including phenoxy) is 4. The number of carbonyl (C=O) groups excluding carboxylic acids is 3. The van der Waals surface area contributed by atoms with Gasteiger partial charge in [0.1, 0.15) is 22.9 Å². The Morgan fingerprint density at radius 2 is 1.52 bits per heavy atom. The molecule has 5 bridgehead atoms. The molecule has 0 radical (unpaired) electrons. The maximum absolute atomic E-state index is 14.1. The maximum Gasteiger partial charge on any atom is 0.312 e. The number of fused-ring (bicyclic) bond motifs is 14. The first kappa shape index (κ1) is 38.5. The molecule has 3 heterocycles. The van der Waals surface area contributed by atoms with Crippen molar-refractivity contribution in [3.05, 3.63) is 69.8 Å². The number of hydrogen-bond donors (Lipinski definition) is 5. The Morgan fingerprint density at radius 1 is 0.900 bits per heavy atom. The molecule has 4 aliphatic rings. The van der Waals surface area contributed by atoms with E-state index in [9.17, 15) is 34.8 Å². The van der Waals surface area contributed by atoms with Gasteiger partial charge in [-0.3, -0.25) is 19.4 Å². The van der Waals surface area contributed by atoms with Crippen LogP contribution in [-0.2, 0) is 19.0 Å².